The molecule has 5 atom stereocenters. The van der Waals surface area contributed by atoms with Crippen molar-refractivity contribution in [1.29, 1.82) is 0 Å². The summed E-state index contributed by atoms with van der Waals surface area (Å²) >= 11 is 0. The lowest BCUT2D eigenvalue weighted by Gasteiger charge is -2.45. The van der Waals surface area contributed by atoms with Gasteiger partial charge in [0.15, 0.2) is 5.79 Å². The summed E-state index contributed by atoms with van der Waals surface area (Å²) < 4.78 is 11.7. The fraction of sp³-hybridized carbons (Fsp3) is 0.909. The SMILES string of the molecule is CCCCCCCCCCC(C(=O)NC1CCCCC1C(CNC(=O)C1OC(C)(C)OCC1(C)C)C(=O)O)C(C)C. The number of hydrogen-bond donors (Lipinski definition) is 3. The van der Waals surface area contributed by atoms with Crippen molar-refractivity contribution in [2.75, 3.05) is 13.2 Å². The van der Waals surface area contributed by atoms with E-state index in [9.17, 15) is 19.5 Å². The summed E-state index contributed by atoms with van der Waals surface area (Å²) in [5.41, 5.74) is -0.541. The molecule has 238 valence electrons. The van der Waals surface area contributed by atoms with Crippen LogP contribution in [0.3, 0.4) is 0 Å². The molecule has 0 aromatic heterocycles. The molecule has 0 aromatic rings. The van der Waals surface area contributed by atoms with Crippen molar-refractivity contribution in [2.24, 2.45) is 29.1 Å². The second kappa shape index (κ2) is 16.8. The van der Waals surface area contributed by atoms with Gasteiger partial charge in [-0.3, -0.25) is 14.4 Å². The number of nitrogens with one attached hydrogen (secondary N) is 2. The zero-order chi connectivity index (χ0) is 30.6. The van der Waals surface area contributed by atoms with Crippen molar-refractivity contribution in [3.8, 4) is 0 Å². The molecule has 3 N–H and O–H groups in total. The maximum atomic E-state index is 13.5. The van der Waals surface area contributed by atoms with E-state index in [1.807, 2.05) is 13.8 Å². The first kappa shape index (κ1) is 35.5. The monoisotopic (exact) mass is 580 g/mol. The minimum absolute atomic E-state index is 0.00823. The number of unbranched alkanes of at least 4 members (excludes halogenated alkanes) is 7. The van der Waals surface area contributed by atoms with Crippen molar-refractivity contribution in [2.45, 2.75) is 150 Å². The summed E-state index contributed by atoms with van der Waals surface area (Å²) in [5.74, 6) is -2.97. The quantitative estimate of drug-likeness (QED) is 0.170. The second-order valence-corrected chi connectivity index (χ2v) is 14.0. The molecule has 1 heterocycles. The highest BCUT2D eigenvalue weighted by Gasteiger charge is 2.46. The molecule has 1 aliphatic heterocycles. The lowest BCUT2D eigenvalue weighted by atomic mass is 9.75. The minimum atomic E-state index is -0.941. The van der Waals surface area contributed by atoms with Crippen LogP contribution in [0, 0.1) is 29.1 Å². The Balaban J connectivity index is 1.97. The summed E-state index contributed by atoms with van der Waals surface area (Å²) in [4.78, 5) is 39.1. The van der Waals surface area contributed by atoms with Gasteiger partial charge in [0.05, 0.1) is 12.5 Å². The van der Waals surface area contributed by atoms with E-state index in [0.717, 1.165) is 38.5 Å². The molecule has 2 amide bonds. The first-order chi connectivity index (χ1) is 19.3. The Morgan fingerprint density at radius 1 is 0.927 bits per heavy atom. The highest BCUT2D eigenvalue weighted by Crippen LogP contribution is 2.36. The van der Waals surface area contributed by atoms with E-state index in [1.54, 1.807) is 13.8 Å². The highest BCUT2D eigenvalue weighted by molar-refractivity contribution is 5.83. The van der Waals surface area contributed by atoms with E-state index in [0.29, 0.717) is 13.0 Å². The standard InChI is InChI=1S/C33H60N2O6/c1-8-9-10-11-12-13-14-15-18-24(23(2)3)29(36)35-27-20-17-16-19-25(27)26(31(38)39)21-34-30(37)28-32(4,5)22-40-33(6,7)41-28/h23-28H,8-22H2,1-7H3,(H,34,37)(H,35,36)(H,38,39). The predicted octanol–water partition coefficient (Wildman–Crippen LogP) is 6.46. The third-order valence-corrected chi connectivity index (χ3v) is 9.13. The molecule has 0 bridgehead atoms. The molecule has 8 nitrogen and oxygen atoms in total. The number of aliphatic carboxylic acids is 1. The average molecular weight is 581 g/mol. The van der Waals surface area contributed by atoms with E-state index in [4.69, 9.17) is 9.47 Å². The van der Waals surface area contributed by atoms with Crippen LogP contribution in [0.1, 0.15) is 132 Å². The van der Waals surface area contributed by atoms with Gasteiger partial charge in [0.2, 0.25) is 11.8 Å². The van der Waals surface area contributed by atoms with Crippen molar-refractivity contribution in [3.63, 3.8) is 0 Å². The first-order valence-corrected chi connectivity index (χ1v) is 16.4. The zero-order valence-electron chi connectivity index (χ0n) is 27.1. The van der Waals surface area contributed by atoms with Gasteiger partial charge in [0.1, 0.15) is 6.10 Å². The Bertz CT molecular complexity index is 827. The molecule has 41 heavy (non-hydrogen) atoms. The zero-order valence-corrected chi connectivity index (χ0v) is 27.1. The molecule has 0 radical (unpaired) electrons. The molecular formula is C33H60N2O6. The van der Waals surface area contributed by atoms with Gasteiger partial charge in [-0.2, -0.15) is 0 Å². The Morgan fingerprint density at radius 2 is 1.54 bits per heavy atom. The predicted molar refractivity (Wildman–Crippen MR) is 162 cm³/mol. The van der Waals surface area contributed by atoms with Gasteiger partial charge in [-0.25, -0.2) is 0 Å². The summed E-state index contributed by atoms with van der Waals surface area (Å²) in [6.45, 7) is 14.2. The van der Waals surface area contributed by atoms with Crippen LogP contribution in [0.5, 0.6) is 0 Å². The van der Waals surface area contributed by atoms with Crippen molar-refractivity contribution < 1.29 is 29.0 Å². The van der Waals surface area contributed by atoms with Crippen molar-refractivity contribution >= 4 is 17.8 Å². The van der Waals surface area contributed by atoms with E-state index in [2.05, 4.69) is 31.4 Å². The van der Waals surface area contributed by atoms with Crippen LogP contribution in [-0.2, 0) is 23.9 Å². The number of amides is 2. The minimum Gasteiger partial charge on any atom is -0.481 e. The van der Waals surface area contributed by atoms with Crippen LogP contribution in [0.4, 0.5) is 0 Å². The van der Waals surface area contributed by atoms with Gasteiger partial charge >= 0.3 is 5.97 Å². The molecule has 2 fully saturated rings. The van der Waals surface area contributed by atoms with Crippen molar-refractivity contribution in [1.82, 2.24) is 10.6 Å². The highest BCUT2D eigenvalue weighted by atomic mass is 16.7. The summed E-state index contributed by atoms with van der Waals surface area (Å²) in [6, 6.07) is -0.205. The number of carbonyl (C=O) groups excluding carboxylic acids is 2. The molecule has 1 aliphatic carbocycles. The number of carboxylic acid groups (broad SMARTS) is 1. The Kier molecular flexibility index (Phi) is 14.6. The number of carboxylic acids is 1. The summed E-state index contributed by atoms with van der Waals surface area (Å²) in [6.07, 6.45) is 13.4. The second-order valence-electron chi connectivity index (χ2n) is 14.0. The van der Waals surface area contributed by atoms with Gasteiger partial charge in [-0.05, 0) is 44.9 Å². The van der Waals surface area contributed by atoms with Crippen LogP contribution in [-0.4, -0.2) is 54.0 Å². The van der Waals surface area contributed by atoms with Crippen LogP contribution >= 0.6 is 0 Å². The third-order valence-electron chi connectivity index (χ3n) is 9.13. The number of ether oxygens (including phenoxy) is 2. The Hall–Kier alpha value is -1.67. The van der Waals surface area contributed by atoms with E-state index >= 15 is 0 Å². The number of rotatable bonds is 17. The largest absolute Gasteiger partial charge is 0.481 e. The average Bonchev–Trinajstić information content (AvgIpc) is 2.89. The first-order valence-electron chi connectivity index (χ1n) is 16.4. The molecule has 0 aromatic carbocycles. The van der Waals surface area contributed by atoms with Crippen LogP contribution in [0.25, 0.3) is 0 Å². The van der Waals surface area contributed by atoms with Crippen LogP contribution in [0.15, 0.2) is 0 Å². The molecule has 1 saturated carbocycles. The van der Waals surface area contributed by atoms with Gasteiger partial charge in [-0.1, -0.05) is 98.8 Å². The Labute approximate surface area is 249 Å². The van der Waals surface area contributed by atoms with E-state index in [1.165, 1.54) is 38.5 Å². The summed E-state index contributed by atoms with van der Waals surface area (Å²) in [5, 5.41) is 16.4. The van der Waals surface area contributed by atoms with Gasteiger partial charge in [-0.15, -0.1) is 0 Å². The van der Waals surface area contributed by atoms with Crippen molar-refractivity contribution in [3.05, 3.63) is 0 Å². The number of carbonyl (C=O) groups is 3. The van der Waals surface area contributed by atoms with Gasteiger partial charge in [0.25, 0.3) is 0 Å². The molecule has 2 aliphatic rings. The van der Waals surface area contributed by atoms with E-state index in [-0.39, 0.29) is 42.2 Å². The Morgan fingerprint density at radius 3 is 2.15 bits per heavy atom. The lowest BCUT2D eigenvalue weighted by molar-refractivity contribution is -0.304. The molecule has 5 unspecified atom stereocenters. The lowest BCUT2D eigenvalue weighted by Crippen LogP contribution is -2.57. The maximum Gasteiger partial charge on any atom is 0.308 e. The smallest absolute Gasteiger partial charge is 0.308 e. The van der Waals surface area contributed by atoms with Gasteiger partial charge < -0.3 is 25.2 Å². The molecule has 8 heteroatoms. The molecule has 2 rings (SSSR count). The van der Waals surface area contributed by atoms with E-state index < -0.39 is 29.2 Å². The normalized spacial score (nSPS) is 25.3. The topological polar surface area (TPSA) is 114 Å². The molecule has 1 saturated heterocycles. The van der Waals surface area contributed by atoms with Crippen LogP contribution < -0.4 is 10.6 Å². The molecule has 0 spiro atoms. The maximum absolute atomic E-state index is 13.5. The third kappa shape index (κ3) is 11.5. The molecular weight excluding hydrogens is 520 g/mol. The van der Waals surface area contributed by atoms with Crippen LogP contribution in [0.2, 0.25) is 0 Å². The number of hydrogen-bond acceptors (Lipinski definition) is 5. The fourth-order valence-corrected chi connectivity index (χ4v) is 6.42. The fourth-order valence-electron chi connectivity index (χ4n) is 6.42. The summed E-state index contributed by atoms with van der Waals surface area (Å²) in [7, 11) is 0. The van der Waals surface area contributed by atoms with Gasteiger partial charge in [0, 0.05) is 23.9 Å².